The summed E-state index contributed by atoms with van der Waals surface area (Å²) in [6.07, 6.45) is 10.7. The maximum atomic E-state index is 6.45. The monoisotopic (exact) mass is 451 g/mol. The predicted octanol–water partition coefficient (Wildman–Crippen LogP) is 3.36. The second-order valence-corrected chi connectivity index (χ2v) is 9.09. The molecule has 3 aromatic heterocycles. The molecule has 32 heavy (non-hydrogen) atoms. The number of hydrogen-bond donors (Lipinski definition) is 2. The summed E-state index contributed by atoms with van der Waals surface area (Å²) in [7, 11) is 0. The van der Waals surface area contributed by atoms with E-state index >= 15 is 0 Å². The van der Waals surface area contributed by atoms with Crippen LogP contribution in [0.3, 0.4) is 0 Å². The summed E-state index contributed by atoms with van der Waals surface area (Å²) in [6.45, 7) is 4.87. The summed E-state index contributed by atoms with van der Waals surface area (Å²) in [5.74, 6) is 1.62. The Bertz CT molecular complexity index is 1250. The Kier molecular flexibility index (Phi) is 4.67. The Morgan fingerprint density at radius 3 is 2.84 bits per heavy atom. The van der Waals surface area contributed by atoms with Crippen LogP contribution >= 0.6 is 11.6 Å². The Labute approximate surface area is 191 Å². The van der Waals surface area contributed by atoms with Crippen molar-refractivity contribution in [3.8, 4) is 0 Å². The van der Waals surface area contributed by atoms with Gasteiger partial charge in [-0.1, -0.05) is 0 Å². The molecule has 0 aromatic carbocycles. The fourth-order valence-corrected chi connectivity index (χ4v) is 5.07. The molecule has 2 N–H and O–H groups in total. The Morgan fingerprint density at radius 2 is 2.09 bits per heavy atom. The lowest BCUT2D eigenvalue weighted by Gasteiger charge is -2.24. The van der Waals surface area contributed by atoms with Gasteiger partial charge in [0.25, 0.3) is 0 Å². The van der Waals surface area contributed by atoms with Gasteiger partial charge in [0, 0.05) is 43.2 Å². The van der Waals surface area contributed by atoms with E-state index in [4.69, 9.17) is 16.6 Å². The van der Waals surface area contributed by atoms with Gasteiger partial charge in [-0.25, -0.2) is 19.9 Å². The van der Waals surface area contributed by atoms with Crippen molar-refractivity contribution in [2.75, 3.05) is 5.32 Å². The van der Waals surface area contributed by atoms with E-state index in [1.54, 1.807) is 6.33 Å². The van der Waals surface area contributed by atoms with Gasteiger partial charge in [0.1, 0.15) is 18.3 Å². The van der Waals surface area contributed by atoms with Gasteiger partial charge in [-0.3, -0.25) is 4.99 Å². The van der Waals surface area contributed by atoms with Gasteiger partial charge in [-0.15, -0.1) is 0 Å². The van der Waals surface area contributed by atoms with Crippen molar-refractivity contribution in [2.45, 2.75) is 70.7 Å². The molecule has 0 bridgehead atoms. The molecule has 1 aliphatic heterocycles. The second kappa shape index (κ2) is 7.58. The lowest BCUT2D eigenvalue weighted by Crippen LogP contribution is -2.29. The Morgan fingerprint density at radius 1 is 1.22 bits per heavy atom. The molecule has 10 heteroatoms. The third kappa shape index (κ3) is 3.26. The minimum atomic E-state index is 0.0731. The fraction of sp³-hybridized carbons (Fsp3) is 0.500. The van der Waals surface area contributed by atoms with Crippen LogP contribution in [0.1, 0.15) is 56.4 Å². The average Bonchev–Trinajstić information content (AvgIpc) is 3.47. The van der Waals surface area contributed by atoms with E-state index in [1.165, 1.54) is 18.5 Å². The minimum Gasteiger partial charge on any atom is -0.369 e. The summed E-state index contributed by atoms with van der Waals surface area (Å²) in [5, 5.41) is 7.55. The first-order valence-electron chi connectivity index (χ1n) is 11.4. The van der Waals surface area contributed by atoms with E-state index in [9.17, 15) is 0 Å². The molecule has 4 heterocycles. The molecule has 0 amide bonds. The number of anilines is 1. The van der Waals surface area contributed by atoms with E-state index in [1.807, 2.05) is 19.3 Å². The van der Waals surface area contributed by atoms with Crippen LogP contribution in [0, 0.1) is 0 Å². The molecule has 1 saturated carbocycles. The molecule has 0 saturated heterocycles. The van der Waals surface area contributed by atoms with Crippen molar-refractivity contribution >= 4 is 40.4 Å². The smallest absolute Gasteiger partial charge is 0.203 e. The maximum absolute atomic E-state index is 6.45. The van der Waals surface area contributed by atoms with Crippen LogP contribution in [0.15, 0.2) is 17.5 Å². The highest BCUT2D eigenvalue weighted by atomic mass is 35.5. The lowest BCUT2D eigenvalue weighted by atomic mass is 9.95. The minimum absolute atomic E-state index is 0.0731. The third-order valence-corrected chi connectivity index (χ3v) is 6.76. The van der Waals surface area contributed by atoms with Crippen molar-refractivity contribution in [1.29, 1.82) is 0 Å². The van der Waals surface area contributed by atoms with E-state index in [0.717, 1.165) is 59.9 Å². The number of rotatable bonds is 5. The zero-order chi connectivity index (χ0) is 21.8. The van der Waals surface area contributed by atoms with Gasteiger partial charge in [-0.2, -0.15) is 0 Å². The number of aliphatic imine (C=N–C) groups is 1. The Hall–Kier alpha value is -2.94. The Balaban J connectivity index is 1.32. The molecule has 166 valence electrons. The number of halogens is 1. The van der Waals surface area contributed by atoms with Crippen LogP contribution < -0.4 is 10.6 Å². The first-order valence-corrected chi connectivity index (χ1v) is 11.7. The highest BCUT2D eigenvalue weighted by molar-refractivity contribution is 6.28. The summed E-state index contributed by atoms with van der Waals surface area (Å²) in [5.41, 5.74) is 4.98. The number of aromatic nitrogens is 6. The van der Waals surface area contributed by atoms with Crippen LogP contribution in [-0.4, -0.2) is 47.5 Å². The molecular formula is C22H26ClN9. The largest absolute Gasteiger partial charge is 0.369 e. The van der Waals surface area contributed by atoms with Gasteiger partial charge >= 0.3 is 0 Å². The predicted molar refractivity (Wildman–Crippen MR) is 125 cm³/mol. The third-order valence-electron chi connectivity index (χ3n) is 6.50. The summed E-state index contributed by atoms with van der Waals surface area (Å²) < 4.78 is 4.35. The number of aryl methyl sites for hydroxylation is 2. The second-order valence-electron chi connectivity index (χ2n) is 8.75. The zero-order valence-corrected chi connectivity index (χ0v) is 19.0. The van der Waals surface area contributed by atoms with Crippen LogP contribution in [0.2, 0.25) is 5.28 Å². The normalized spacial score (nSPS) is 22.5. The molecule has 2 unspecified atom stereocenters. The van der Waals surface area contributed by atoms with Crippen molar-refractivity contribution < 1.29 is 0 Å². The van der Waals surface area contributed by atoms with Crippen molar-refractivity contribution in [3.63, 3.8) is 0 Å². The first kappa shape index (κ1) is 19.7. The number of fused-ring (bicyclic) bond motifs is 2. The van der Waals surface area contributed by atoms with Crippen molar-refractivity contribution in [2.24, 2.45) is 4.99 Å². The summed E-state index contributed by atoms with van der Waals surface area (Å²) in [4.78, 5) is 23.1. The molecule has 9 nitrogen and oxygen atoms in total. The molecule has 3 aliphatic rings. The number of allylic oxidation sites excluding steroid dienone is 1. The molecule has 2 aliphatic carbocycles. The fourth-order valence-electron chi connectivity index (χ4n) is 4.73. The van der Waals surface area contributed by atoms with E-state index in [-0.39, 0.29) is 12.2 Å². The molecule has 6 rings (SSSR count). The number of nitrogens with zero attached hydrogens (tertiary/aromatic N) is 7. The topological polar surface area (TPSA) is 97.8 Å². The van der Waals surface area contributed by atoms with E-state index in [0.29, 0.717) is 11.3 Å². The highest BCUT2D eigenvalue weighted by Gasteiger charge is 2.33. The van der Waals surface area contributed by atoms with Crippen LogP contribution in [0.4, 0.5) is 5.82 Å². The lowest BCUT2D eigenvalue weighted by molar-refractivity contribution is 0.565. The summed E-state index contributed by atoms with van der Waals surface area (Å²) in [6, 6.07) is 0.770. The molecule has 1 fully saturated rings. The number of nitrogens with one attached hydrogen (secondary N) is 2. The van der Waals surface area contributed by atoms with Gasteiger partial charge < -0.3 is 19.8 Å². The molecule has 2 atom stereocenters. The molecule has 3 aromatic rings. The zero-order valence-electron chi connectivity index (χ0n) is 18.2. The molecule has 0 spiro atoms. The first-order chi connectivity index (χ1) is 15.6. The standard InChI is InChI=1S/C22H26ClN9/c1-3-31-20(13-9-24-12(2)25-10-13)30-18-19(26-11-27-21(18)31)28-14-4-7-16-17(8-14)32(15-5-6-15)22(23)29-16/h9-12,14-15,24H,3-8H2,1-2H3,(H,26,27,28). The van der Waals surface area contributed by atoms with Crippen molar-refractivity contribution in [1.82, 2.24) is 34.4 Å². The number of imidazole rings is 2. The van der Waals surface area contributed by atoms with Crippen LogP contribution in [-0.2, 0) is 19.4 Å². The quantitative estimate of drug-likeness (QED) is 0.617. The van der Waals surface area contributed by atoms with Crippen molar-refractivity contribution in [3.05, 3.63) is 35.0 Å². The van der Waals surface area contributed by atoms with Crippen LogP contribution in [0.5, 0.6) is 0 Å². The van der Waals surface area contributed by atoms with Gasteiger partial charge in [0.05, 0.1) is 11.3 Å². The van der Waals surface area contributed by atoms with Crippen LogP contribution in [0.25, 0.3) is 16.7 Å². The van der Waals surface area contributed by atoms with E-state index < -0.39 is 0 Å². The average molecular weight is 452 g/mol. The van der Waals surface area contributed by atoms with Gasteiger partial charge in [0.2, 0.25) is 5.28 Å². The van der Waals surface area contributed by atoms with E-state index in [2.05, 4.69) is 46.6 Å². The maximum Gasteiger partial charge on any atom is 0.203 e. The molecular weight excluding hydrogens is 426 g/mol. The summed E-state index contributed by atoms with van der Waals surface area (Å²) >= 11 is 6.45. The highest BCUT2D eigenvalue weighted by Crippen LogP contribution is 2.41. The van der Waals surface area contributed by atoms with Gasteiger partial charge in [0.15, 0.2) is 17.0 Å². The van der Waals surface area contributed by atoms with Gasteiger partial charge in [-0.05, 0) is 51.1 Å². The molecule has 0 radical (unpaired) electrons. The SMILES string of the molecule is CCn1c(C2=CNC(C)N=C2)nc2c(NC3CCc4nc(Cl)n(C5CC5)c4C3)ncnc21. The number of hydrogen-bond acceptors (Lipinski definition) is 7.